The van der Waals surface area contributed by atoms with E-state index < -0.39 is 0 Å². The summed E-state index contributed by atoms with van der Waals surface area (Å²) in [4.78, 5) is 2.33. The van der Waals surface area contributed by atoms with Crippen LogP contribution in [0, 0.1) is 12.3 Å². The van der Waals surface area contributed by atoms with Gasteiger partial charge in [-0.15, -0.1) is 6.42 Å². The van der Waals surface area contributed by atoms with Gasteiger partial charge in [0.15, 0.2) is 0 Å². The molecule has 0 unspecified atom stereocenters. The average Bonchev–Trinajstić information content (AvgIpc) is 2.49. The lowest BCUT2D eigenvalue weighted by Crippen LogP contribution is -2.39. The summed E-state index contributed by atoms with van der Waals surface area (Å²) in [5.41, 5.74) is 1.17. The van der Waals surface area contributed by atoms with Crippen molar-refractivity contribution in [1.82, 2.24) is 4.90 Å². The predicted molar refractivity (Wildman–Crippen MR) is 84.1 cm³/mol. The van der Waals surface area contributed by atoms with E-state index >= 15 is 0 Å². The second kappa shape index (κ2) is 7.81. The Labute approximate surface area is 122 Å². The number of nitrogens with one attached hydrogen (secondary N) is 1. The lowest BCUT2D eigenvalue weighted by Gasteiger charge is -2.31. The van der Waals surface area contributed by atoms with Crippen molar-refractivity contribution in [3.63, 3.8) is 0 Å². The molecule has 3 nitrogen and oxygen atoms in total. The number of benzene rings is 1. The minimum atomic E-state index is 0.548. The Bertz CT molecular complexity index is 427. The van der Waals surface area contributed by atoms with Crippen LogP contribution in [0.15, 0.2) is 24.3 Å². The molecule has 1 heterocycles. The lowest BCUT2D eigenvalue weighted by molar-refractivity contribution is 0.243. The molecule has 1 aromatic carbocycles. The first-order valence-corrected chi connectivity index (χ1v) is 7.47. The van der Waals surface area contributed by atoms with Crippen molar-refractivity contribution in [1.29, 1.82) is 0 Å². The fourth-order valence-corrected chi connectivity index (χ4v) is 2.47. The Hall–Kier alpha value is -1.66. The van der Waals surface area contributed by atoms with Gasteiger partial charge in [-0.25, -0.2) is 0 Å². The molecule has 0 saturated carbocycles. The van der Waals surface area contributed by atoms with Crippen LogP contribution in [0.25, 0.3) is 0 Å². The third-order valence-corrected chi connectivity index (χ3v) is 3.60. The van der Waals surface area contributed by atoms with Crippen molar-refractivity contribution in [3.05, 3.63) is 24.3 Å². The van der Waals surface area contributed by atoms with Gasteiger partial charge in [0.05, 0.1) is 13.2 Å². The maximum atomic E-state index is 5.59. The Morgan fingerprint density at radius 2 is 2.00 bits per heavy atom. The van der Waals surface area contributed by atoms with Crippen LogP contribution in [-0.2, 0) is 0 Å². The summed E-state index contributed by atoms with van der Waals surface area (Å²) < 4.78 is 5.59. The first kappa shape index (κ1) is 14.7. The smallest absolute Gasteiger partial charge is 0.119 e. The van der Waals surface area contributed by atoms with Gasteiger partial charge in [-0.3, -0.25) is 4.90 Å². The van der Waals surface area contributed by atoms with Gasteiger partial charge in [0.25, 0.3) is 0 Å². The molecule has 0 bridgehead atoms. The number of rotatable bonds is 6. The third kappa shape index (κ3) is 4.47. The van der Waals surface area contributed by atoms with E-state index in [1.165, 1.54) is 5.69 Å². The molecule has 0 aliphatic carbocycles. The van der Waals surface area contributed by atoms with E-state index in [1.54, 1.807) is 0 Å². The monoisotopic (exact) mass is 272 g/mol. The van der Waals surface area contributed by atoms with Crippen molar-refractivity contribution < 1.29 is 4.74 Å². The summed E-state index contributed by atoms with van der Waals surface area (Å²) >= 11 is 0. The Morgan fingerprint density at radius 1 is 1.30 bits per heavy atom. The largest absolute Gasteiger partial charge is 0.494 e. The highest BCUT2D eigenvalue weighted by Gasteiger charge is 2.18. The molecule has 1 aromatic rings. The SMILES string of the molecule is C#CCN1CCC(Nc2ccc(OCCC)cc2)CC1. The van der Waals surface area contributed by atoms with E-state index in [4.69, 9.17) is 11.2 Å². The number of hydrogen-bond donors (Lipinski definition) is 1. The van der Waals surface area contributed by atoms with E-state index in [-0.39, 0.29) is 0 Å². The lowest BCUT2D eigenvalue weighted by atomic mass is 10.0. The Kier molecular flexibility index (Phi) is 5.76. The van der Waals surface area contributed by atoms with Gasteiger partial charge in [0.1, 0.15) is 5.75 Å². The Morgan fingerprint density at radius 3 is 2.60 bits per heavy atom. The van der Waals surface area contributed by atoms with E-state index in [1.807, 2.05) is 12.1 Å². The molecule has 2 rings (SSSR count). The van der Waals surface area contributed by atoms with Crippen LogP contribution in [0.5, 0.6) is 5.75 Å². The first-order valence-electron chi connectivity index (χ1n) is 7.47. The number of anilines is 1. The topological polar surface area (TPSA) is 24.5 Å². The maximum absolute atomic E-state index is 5.59. The molecule has 3 heteroatoms. The minimum absolute atomic E-state index is 0.548. The van der Waals surface area contributed by atoms with E-state index in [0.717, 1.165) is 51.3 Å². The molecule has 108 valence electrons. The van der Waals surface area contributed by atoms with Crippen LogP contribution >= 0.6 is 0 Å². The van der Waals surface area contributed by atoms with Crippen molar-refractivity contribution in [2.75, 3.05) is 31.6 Å². The molecular weight excluding hydrogens is 248 g/mol. The van der Waals surface area contributed by atoms with Crippen LogP contribution in [0.3, 0.4) is 0 Å². The molecule has 20 heavy (non-hydrogen) atoms. The highest BCUT2D eigenvalue weighted by atomic mass is 16.5. The Balaban J connectivity index is 1.78. The summed E-state index contributed by atoms with van der Waals surface area (Å²) in [6.45, 7) is 5.83. The maximum Gasteiger partial charge on any atom is 0.119 e. The standard InChI is InChI=1S/C17H24N2O/c1-3-11-19-12-9-16(10-13-19)18-15-5-7-17(8-6-15)20-14-4-2/h1,5-8,16,18H,4,9-14H2,2H3. The molecule has 0 spiro atoms. The second-order valence-electron chi connectivity index (χ2n) is 5.27. The summed E-state index contributed by atoms with van der Waals surface area (Å²) in [5, 5.41) is 3.59. The molecule has 1 fully saturated rings. The molecule has 0 radical (unpaired) electrons. The minimum Gasteiger partial charge on any atom is -0.494 e. The van der Waals surface area contributed by atoms with Crippen molar-refractivity contribution in [2.24, 2.45) is 0 Å². The average molecular weight is 272 g/mol. The summed E-state index contributed by atoms with van der Waals surface area (Å²) in [6, 6.07) is 8.81. The van der Waals surface area contributed by atoms with Gasteiger partial charge < -0.3 is 10.1 Å². The fraction of sp³-hybridized carbons (Fsp3) is 0.529. The van der Waals surface area contributed by atoms with E-state index in [2.05, 4.69) is 35.2 Å². The zero-order valence-corrected chi connectivity index (χ0v) is 12.3. The first-order chi connectivity index (χ1) is 9.81. The molecular formula is C17H24N2O. The van der Waals surface area contributed by atoms with Gasteiger partial charge in [0.2, 0.25) is 0 Å². The molecule has 1 saturated heterocycles. The van der Waals surface area contributed by atoms with Gasteiger partial charge in [-0.05, 0) is 43.5 Å². The molecule has 1 N–H and O–H groups in total. The fourth-order valence-electron chi connectivity index (χ4n) is 2.47. The zero-order chi connectivity index (χ0) is 14.2. The quantitative estimate of drug-likeness (QED) is 0.806. The highest BCUT2D eigenvalue weighted by molar-refractivity contribution is 5.47. The summed E-state index contributed by atoms with van der Waals surface area (Å²) in [5.74, 6) is 3.66. The molecule has 1 aliphatic heterocycles. The van der Waals surface area contributed by atoms with Crippen LogP contribution in [0.1, 0.15) is 26.2 Å². The van der Waals surface area contributed by atoms with Crippen LogP contribution in [0.4, 0.5) is 5.69 Å². The van der Waals surface area contributed by atoms with Gasteiger partial charge in [-0.2, -0.15) is 0 Å². The number of likely N-dealkylation sites (tertiary alicyclic amines) is 1. The molecule has 0 atom stereocenters. The van der Waals surface area contributed by atoms with Crippen LogP contribution in [-0.4, -0.2) is 37.2 Å². The molecule has 0 aromatic heterocycles. The van der Waals surface area contributed by atoms with Crippen LogP contribution < -0.4 is 10.1 Å². The summed E-state index contributed by atoms with van der Waals surface area (Å²) in [6.07, 6.45) is 8.68. The molecule has 0 amide bonds. The molecule has 1 aliphatic rings. The van der Waals surface area contributed by atoms with Crippen molar-refractivity contribution in [3.8, 4) is 18.1 Å². The van der Waals surface area contributed by atoms with Crippen molar-refractivity contribution >= 4 is 5.69 Å². The van der Waals surface area contributed by atoms with E-state index in [9.17, 15) is 0 Å². The zero-order valence-electron chi connectivity index (χ0n) is 12.3. The van der Waals surface area contributed by atoms with Gasteiger partial charge in [0, 0.05) is 24.8 Å². The third-order valence-electron chi connectivity index (χ3n) is 3.60. The second-order valence-corrected chi connectivity index (χ2v) is 5.27. The van der Waals surface area contributed by atoms with E-state index in [0.29, 0.717) is 6.04 Å². The van der Waals surface area contributed by atoms with Gasteiger partial charge >= 0.3 is 0 Å². The number of piperidine rings is 1. The highest BCUT2D eigenvalue weighted by Crippen LogP contribution is 2.19. The van der Waals surface area contributed by atoms with Crippen LogP contribution in [0.2, 0.25) is 0 Å². The number of hydrogen-bond acceptors (Lipinski definition) is 3. The number of ether oxygens (including phenoxy) is 1. The van der Waals surface area contributed by atoms with Crippen molar-refractivity contribution in [2.45, 2.75) is 32.2 Å². The van der Waals surface area contributed by atoms with Gasteiger partial charge in [-0.1, -0.05) is 12.8 Å². The normalized spacial score (nSPS) is 16.6. The number of terminal acetylenes is 1. The number of nitrogens with zero attached hydrogens (tertiary/aromatic N) is 1. The predicted octanol–water partition coefficient (Wildman–Crippen LogP) is 2.98. The summed E-state index contributed by atoms with van der Waals surface area (Å²) in [7, 11) is 0.